The van der Waals surface area contributed by atoms with Crippen LogP contribution < -0.4 is 33.7 Å². The second-order valence-electron chi connectivity index (χ2n) is 4.71. The van der Waals surface area contributed by atoms with Gasteiger partial charge < -0.3 is 10.2 Å². The Labute approximate surface area is 147 Å². The van der Waals surface area contributed by atoms with Gasteiger partial charge in [-0.05, 0) is 33.7 Å². The summed E-state index contributed by atoms with van der Waals surface area (Å²) in [6, 6.07) is 17.7. The van der Waals surface area contributed by atoms with Gasteiger partial charge in [-0.15, -0.1) is 0 Å². The van der Waals surface area contributed by atoms with Crippen molar-refractivity contribution in [1.29, 1.82) is 0 Å². The van der Waals surface area contributed by atoms with E-state index in [2.05, 4.69) is 18.2 Å². The first-order valence-corrected chi connectivity index (χ1v) is 7.18. The predicted molar refractivity (Wildman–Crippen MR) is 80.8 cm³/mol. The SMILES string of the molecule is O=S([O-])Oc1ccc2ccc3cccc4ccc1c2c34.[H-].[Na+]. The van der Waals surface area contributed by atoms with E-state index in [1.54, 1.807) is 6.07 Å². The summed E-state index contributed by atoms with van der Waals surface area (Å²) in [7, 11) is 0. The van der Waals surface area contributed by atoms with Crippen LogP contribution in [0.4, 0.5) is 0 Å². The van der Waals surface area contributed by atoms with E-state index in [0.29, 0.717) is 5.75 Å². The summed E-state index contributed by atoms with van der Waals surface area (Å²) < 4.78 is 26.5. The van der Waals surface area contributed by atoms with Crippen LogP contribution in [0.2, 0.25) is 0 Å². The molecule has 100 valence electrons. The second-order valence-corrected chi connectivity index (χ2v) is 5.28. The van der Waals surface area contributed by atoms with Crippen LogP contribution in [0.1, 0.15) is 1.43 Å². The molecule has 0 heterocycles. The van der Waals surface area contributed by atoms with E-state index in [4.69, 9.17) is 4.18 Å². The van der Waals surface area contributed by atoms with Crippen LogP contribution in [0.3, 0.4) is 0 Å². The summed E-state index contributed by atoms with van der Waals surface area (Å²) in [5, 5.41) is 6.36. The quantitative estimate of drug-likeness (QED) is 0.314. The van der Waals surface area contributed by atoms with Gasteiger partial charge in [0.1, 0.15) is 17.1 Å². The molecule has 0 amide bonds. The summed E-state index contributed by atoms with van der Waals surface area (Å²) in [5.74, 6) is 0.365. The average molecular weight is 305 g/mol. The van der Waals surface area contributed by atoms with Gasteiger partial charge >= 0.3 is 29.6 Å². The molecule has 0 N–H and O–H groups in total. The van der Waals surface area contributed by atoms with Gasteiger partial charge in [0.25, 0.3) is 0 Å². The molecule has 0 bridgehead atoms. The monoisotopic (exact) mass is 305 g/mol. The van der Waals surface area contributed by atoms with Crippen LogP contribution in [0.5, 0.6) is 5.75 Å². The van der Waals surface area contributed by atoms with Crippen LogP contribution in [-0.2, 0) is 11.4 Å². The topological polar surface area (TPSA) is 49.4 Å². The summed E-state index contributed by atoms with van der Waals surface area (Å²) in [6.45, 7) is 0. The zero-order valence-electron chi connectivity index (χ0n) is 12.3. The fourth-order valence-electron chi connectivity index (χ4n) is 2.85. The van der Waals surface area contributed by atoms with Gasteiger partial charge in [0.2, 0.25) is 0 Å². The predicted octanol–water partition coefficient (Wildman–Crippen LogP) is 0.873. The summed E-state index contributed by atoms with van der Waals surface area (Å²) in [5.41, 5.74) is 0. The van der Waals surface area contributed by atoms with Crippen molar-refractivity contribution >= 4 is 43.7 Å². The normalized spacial score (nSPS) is 12.6. The molecule has 0 aromatic heterocycles. The van der Waals surface area contributed by atoms with Crippen molar-refractivity contribution in [2.24, 2.45) is 0 Å². The fourth-order valence-corrected chi connectivity index (χ4v) is 3.15. The zero-order valence-corrected chi connectivity index (χ0v) is 14.1. The standard InChI is InChI=1S/C16H10O3S.Na.H/c17-20(18)19-14-9-7-12-5-4-10-2-1-3-11-6-8-13(14)16(12)15(10)11;;/h1-9H,(H,17,18);;/q;+1;-1/p-1. The third-order valence-corrected chi connectivity index (χ3v) is 3.96. The fraction of sp³-hybridized carbons (Fsp3) is 0. The molecule has 0 spiro atoms. The Morgan fingerprint density at radius 1 is 0.857 bits per heavy atom. The van der Waals surface area contributed by atoms with E-state index in [-0.39, 0.29) is 31.0 Å². The summed E-state index contributed by atoms with van der Waals surface area (Å²) in [4.78, 5) is 0. The van der Waals surface area contributed by atoms with Crippen LogP contribution >= 0.6 is 0 Å². The molecule has 0 aliphatic carbocycles. The zero-order chi connectivity index (χ0) is 13.7. The first-order valence-electron chi connectivity index (χ1n) is 6.18. The molecule has 21 heavy (non-hydrogen) atoms. The maximum absolute atomic E-state index is 10.8. The Hall–Kier alpha value is -1.17. The van der Waals surface area contributed by atoms with E-state index >= 15 is 0 Å². The average Bonchev–Trinajstić information content (AvgIpc) is 2.46. The second kappa shape index (κ2) is 5.55. The Balaban J connectivity index is 0.000000882. The van der Waals surface area contributed by atoms with Crippen molar-refractivity contribution < 1.29 is 43.9 Å². The van der Waals surface area contributed by atoms with Crippen molar-refractivity contribution in [3.05, 3.63) is 54.6 Å². The van der Waals surface area contributed by atoms with Crippen molar-refractivity contribution in [3.8, 4) is 5.75 Å². The number of hydrogen-bond donors (Lipinski definition) is 0. The van der Waals surface area contributed by atoms with Crippen molar-refractivity contribution in [2.75, 3.05) is 0 Å². The van der Waals surface area contributed by atoms with Crippen molar-refractivity contribution in [1.82, 2.24) is 0 Å². The molecule has 3 nitrogen and oxygen atoms in total. The minimum Gasteiger partial charge on any atom is -1.00 e. The van der Waals surface area contributed by atoms with Crippen LogP contribution in [-0.4, -0.2) is 8.76 Å². The van der Waals surface area contributed by atoms with Gasteiger partial charge in [0.05, 0.1) is 0 Å². The first kappa shape index (κ1) is 14.8. The van der Waals surface area contributed by atoms with Gasteiger partial charge in [-0.2, -0.15) is 0 Å². The van der Waals surface area contributed by atoms with E-state index in [9.17, 15) is 8.76 Å². The molecule has 0 saturated heterocycles. The maximum Gasteiger partial charge on any atom is 1.00 e. The molecule has 1 atom stereocenters. The van der Waals surface area contributed by atoms with Gasteiger partial charge in [-0.25, -0.2) is 4.21 Å². The minimum atomic E-state index is -2.57. The Morgan fingerprint density at radius 2 is 1.43 bits per heavy atom. The van der Waals surface area contributed by atoms with Crippen LogP contribution in [0.25, 0.3) is 32.3 Å². The molecule has 5 heteroatoms. The molecule has 4 aromatic rings. The Bertz CT molecular complexity index is 958. The molecule has 4 rings (SSSR count). The molecule has 0 radical (unpaired) electrons. The van der Waals surface area contributed by atoms with Crippen molar-refractivity contribution in [2.45, 2.75) is 0 Å². The minimum absolute atomic E-state index is 0. The smallest absolute Gasteiger partial charge is 1.00 e. The molecule has 4 aromatic carbocycles. The van der Waals surface area contributed by atoms with Gasteiger partial charge in [0, 0.05) is 10.8 Å². The molecular weight excluding hydrogens is 295 g/mol. The molecule has 0 saturated carbocycles. The third-order valence-electron chi connectivity index (χ3n) is 3.65. The van der Waals surface area contributed by atoms with Crippen molar-refractivity contribution in [3.63, 3.8) is 0 Å². The van der Waals surface area contributed by atoms with E-state index < -0.39 is 11.4 Å². The Morgan fingerprint density at radius 3 is 2.10 bits per heavy atom. The number of rotatable bonds is 2. The van der Waals surface area contributed by atoms with Crippen LogP contribution in [0.15, 0.2) is 54.6 Å². The number of benzene rings is 4. The molecular formula is C16H10NaO3S-. The van der Waals surface area contributed by atoms with E-state index in [1.165, 1.54) is 0 Å². The summed E-state index contributed by atoms with van der Waals surface area (Å²) >= 11 is -2.57. The molecule has 1 unspecified atom stereocenters. The third kappa shape index (κ3) is 2.33. The van der Waals surface area contributed by atoms with Crippen LogP contribution in [0, 0.1) is 0 Å². The largest absolute Gasteiger partial charge is 1.00 e. The van der Waals surface area contributed by atoms with Gasteiger partial charge in [0.15, 0.2) is 0 Å². The molecule has 0 fully saturated rings. The maximum atomic E-state index is 10.8. The Kier molecular flexibility index (Phi) is 3.90. The molecule has 0 aliphatic heterocycles. The van der Waals surface area contributed by atoms with Gasteiger partial charge in [-0.3, -0.25) is 0 Å². The first-order chi connectivity index (χ1) is 9.74. The molecule has 0 aliphatic rings. The summed E-state index contributed by atoms with van der Waals surface area (Å²) in [6.07, 6.45) is 0. The van der Waals surface area contributed by atoms with E-state index in [0.717, 1.165) is 32.3 Å². The van der Waals surface area contributed by atoms with Gasteiger partial charge in [-0.1, -0.05) is 42.5 Å². The number of hydrogen-bond acceptors (Lipinski definition) is 3. The van der Waals surface area contributed by atoms with E-state index in [1.807, 2.05) is 30.3 Å².